The molecule has 0 aliphatic rings. The number of phenolic OH excluding ortho intramolecular Hbond substituents is 1. The zero-order chi connectivity index (χ0) is 14.0. The molecule has 2 rings (SSSR count). The highest BCUT2D eigenvalue weighted by Gasteiger charge is 2.10. The number of nitrogens with two attached hydrogens (primary N) is 1. The lowest BCUT2D eigenvalue weighted by Crippen LogP contribution is -2.13. The van der Waals surface area contributed by atoms with Crippen LogP contribution in [0.25, 0.3) is 0 Å². The van der Waals surface area contributed by atoms with Gasteiger partial charge in [0.25, 0.3) is 5.91 Å². The largest absolute Gasteiger partial charge is 0.508 e. The Labute approximate surface area is 123 Å². The van der Waals surface area contributed by atoms with Crippen LogP contribution in [-0.4, -0.2) is 11.0 Å². The average Bonchev–Trinajstić information content (AvgIpc) is 2.36. The Balaban J connectivity index is 2.23. The summed E-state index contributed by atoms with van der Waals surface area (Å²) in [5.41, 5.74) is 6.83. The Bertz CT molecular complexity index is 647. The van der Waals surface area contributed by atoms with Crippen molar-refractivity contribution in [1.82, 2.24) is 0 Å². The molecule has 0 spiro atoms. The molecule has 0 aliphatic heterocycles. The number of nitrogens with one attached hydrogen (secondary N) is 1. The molecule has 2 aromatic carbocycles. The van der Waals surface area contributed by atoms with Crippen molar-refractivity contribution in [2.24, 2.45) is 0 Å². The lowest BCUT2D eigenvalue weighted by Gasteiger charge is -2.09. The van der Waals surface area contributed by atoms with Crippen LogP contribution in [0.5, 0.6) is 5.75 Å². The van der Waals surface area contributed by atoms with E-state index in [2.05, 4.69) is 21.2 Å². The molecule has 0 atom stereocenters. The Morgan fingerprint density at radius 1 is 1.26 bits per heavy atom. The predicted molar refractivity (Wildman–Crippen MR) is 79.6 cm³/mol. The molecule has 2 aromatic rings. The van der Waals surface area contributed by atoms with E-state index in [1.807, 2.05) is 0 Å². The van der Waals surface area contributed by atoms with Gasteiger partial charge in [0.15, 0.2) is 0 Å². The summed E-state index contributed by atoms with van der Waals surface area (Å²) in [5, 5.41) is 12.3. The predicted octanol–water partition coefficient (Wildman–Crippen LogP) is 3.64. The van der Waals surface area contributed by atoms with Crippen LogP contribution in [0.3, 0.4) is 0 Å². The van der Waals surface area contributed by atoms with Crippen LogP contribution in [-0.2, 0) is 0 Å². The van der Waals surface area contributed by atoms with E-state index in [4.69, 9.17) is 17.3 Å². The van der Waals surface area contributed by atoms with Gasteiger partial charge < -0.3 is 16.2 Å². The molecular formula is C13H10BrClN2O2. The van der Waals surface area contributed by atoms with Crippen LogP contribution in [0.4, 0.5) is 11.4 Å². The summed E-state index contributed by atoms with van der Waals surface area (Å²) in [6.45, 7) is 0. The van der Waals surface area contributed by atoms with Crippen molar-refractivity contribution in [2.45, 2.75) is 0 Å². The third kappa shape index (κ3) is 3.19. The van der Waals surface area contributed by atoms with E-state index in [0.717, 1.165) is 4.47 Å². The number of carbonyl (C=O) groups excluding carboxylic acids is 1. The van der Waals surface area contributed by atoms with E-state index in [-0.39, 0.29) is 17.3 Å². The first-order chi connectivity index (χ1) is 8.97. The molecule has 0 aliphatic carbocycles. The third-order valence-corrected chi connectivity index (χ3v) is 3.70. The van der Waals surface area contributed by atoms with Gasteiger partial charge in [0.05, 0.1) is 16.4 Å². The number of anilines is 2. The molecule has 0 aromatic heterocycles. The summed E-state index contributed by atoms with van der Waals surface area (Å²) in [6, 6.07) is 9.23. The number of phenols is 1. The topological polar surface area (TPSA) is 75.3 Å². The van der Waals surface area contributed by atoms with E-state index >= 15 is 0 Å². The molecule has 0 saturated heterocycles. The normalized spacial score (nSPS) is 10.2. The lowest BCUT2D eigenvalue weighted by atomic mass is 10.2. The molecular weight excluding hydrogens is 332 g/mol. The fraction of sp³-hybridized carbons (Fsp3) is 0. The summed E-state index contributed by atoms with van der Waals surface area (Å²) in [5.74, 6) is -0.283. The molecule has 0 radical (unpaired) electrons. The van der Waals surface area contributed by atoms with Gasteiger partial charge in [-0.05, 0) is 46.3 Å². The second-order valence-corrected chi connectivity index (χ2v) is 5.12. The quantitative estimate of drug-likeness (QED) is 0.576. The van der Waals surface area contributed by atoms with Crippen LogP contribution in [0, 0.1) is 0 Å². The second-order valence-electron chi connectivity index (χ2n) is 3.85. The summed E-state index contributed by atoms with van der Waals surface area (Å²) >= 11 is 9.18. The van der Waals surface area contributed by atoms with E-state index in [9.17, 15) is 9.90 Å². The minimum Gasteiger partial charge on any atom is -0.508 e. The van der Waals surface area contributed by atoms with E-state index in [1.54, 1.807) is 18.2 Å². The monoisotopic (exact) mass is 340 g/mol. The van der Waals surface area contributed by atoms with Crippen molar-refractivity contribution >= 4 is 44.8 Å². The number of benzene rings is 2. The van der Waals surface area contributed by atoms with Crippen molar-refractivity contribution < 1.29 is 9.90 Å². The zero-order valence-corrected chi connectivity index (χ0v) is 12.0. The van der Waals surface area contributed by atoms with Gasteiger partial charge in [-0.15, -0.1) is 0 Å². The van der Waals surface area contributed by atoms with Gasteiger partial charge in [-0.1, -0.05) is 11.6 Å². The highest BCUT2D eigenvalue weighted by Crippen LogP contribution is 2.26. The van der Waals surface area contributed by atoms with Gasteiger partial charge >= 0.3 is 0 Å². The average molecular weight is 342 g/mol. The number of nitrogen functional groups attached to an aromatic ring is 1. The van der Waals surface area contributed by atoms with Gasteiger partial charge in [0, 0.05) is 16.1 Å². The Kier molecular flexibility index (Phi) is 3.97. The number of hydrogen-bond donors (Lipinski definition) is 3. The molecule has 0 saturated carbocycles. The molecule has 1 amide bonds. The van der Waals surface area contributed by atoms with Crippen molar-refractivity contribution in [3.8, 4) is 5.75 Å². The SMILES string of the molecule is Nc1cc(O)ccc1NC(=O)c1ccc(Br)c(Cl)c1. The standard InChI is InChI=1S/C13H10BrClN2O2/c14-9-3-1-7(5-10(9)15)13(19)17-12-4-2-8(18)6-11(12)16/h1-6,18H,16H2,(H,17,19). The molecule has 98 valence electrons. The number of amides is 1. The molecule has 0 heterocycles. The van der Waals surface area contributed by atoms with Crippen LogP contribution >= 0.6 is 27.5 Å². The lowest BCUT2D eigenvalue weighted by molar-refractivity contribution is 0.102. The van der Waals surface area contributed by atoms with Crippen molar-refractivity contribution in [1.29, 1.82) is 0 Å². The highest BCUT2D eigenvalue weighted by atomic mass is 79.9. The molecule has 19 heavy (non-hydrogen) atoms. The van der Waals surface area contributed by atoms with E-state index in [1.165, 1.54) is 18.2 Å². The second kappa shape index (κ2) is 5.50. The van der Waals surface area contributed by atoms with Gasteiger partial charge in [0.2, 0.25) is 0 Å². The molecule has 4 nitrogen and oxygen atoms in total. The van der Waals surface area contributed by atoms with E-state index in [0.29, 0.717) is 16.3 Å². The van der Waals surface area contributed by atoms with Crippen LogP contribution < -0.4 is 11.1 Å². The number of aromatic hydroxyl groups is 1. The van der Waals surface area contributed by atoms with Crippen molar-refractivity contribution in [2.75, 3.05) is 11.1 Å². The Morgan fingerprint density at radius 2 is 2.00 bits per heavy atom. The van der Waals surface area contributed by atoms with Crippen LogP contribution in [0.15, 0.2) is 40.9 Å². The minimum absolute atomic E-state index is 0.0437. The maximum Gasteiger partial charge on any atom is 0.255 e. The number of hydrogen-bond acceptors (Lipinski definition) is 3. The summed E-state index contributed by atoms with van der Waals surface area (Å²) < 4.78 is 0.717. The van der Waals surface area contributed by atoms with Crippen molar-refractivity contribution in [3.05, 3.63) is 51.5 Å². The first kappa shape index (κ1) is 13.7. The molecule has 0 unspecified atom stereocenters. The highest BCUT2D eigenvalue weighted by molar-refractivity contribution is 9.10. The zero-order valence-electron chi connectivity index (χ0n) is 9.65. The van der Waals surface area contributed by atoms with Crippen molar-refractivity contribution in [3.63, 3.8) is 0 Å². The molecule has 0 bridgehead atoms. The molecule has 0 fully saturated rings. The fourth-order valence-corrected chi connectivity index (χ4v) is 1.92. The van der Waals surface area contributed by atoms with E-state index < -0.39 is 0 Å². The van der Waals surface area contributed by atoms with Gasteiger partial charge in [-0.25, -0.2) is 0 Å². The Hall–Kier alpha value is -1.72. The smallest absolute Gasteiger partial charge is 0.255 e. The number of carbonyl (C=O) groups is 1. The molecule has 4 N–H and O–H groups in total. The van der Waals surface area contributed by atoms with Gasteiger partial charge in [-0.2, -0.15) is 0 Å². The first-order valence-corrected chi connectivity index (χ1v) is 6.49. The van der Waals surface area contributed by atoms with Gasteiger partial charge in [-0.3, -0.25) is 4.79 Å². The van der Waals surface area contributed by atoms with Gasteiger partial charge in [0.1, 0.15) is 5.75 Å². The summed E-state index contributed by atoms with van der Waals surface area (Å²) in [4.78, 5) is 12.0. The summed E-state index contributed by atoms with van der Waals surface area (Å²) in [7, 11) is 0. The van der Waals surface area contributed by atoms with Crippen LogP contribution in [0.1, 0.15) is 10.4 Å². The number of halogens is 2. The summed E-state index contributed by atoms with van der Waals surface area (Å²) in [6.07, 6.45) is 0. The maximum absolute atomic E-state index is 12.0. The Morgan fingerprint density at radius 3 is 2.63 bits per heavy atom. The number of rotatable bonds is 2. The maximum atomic E-state index is 12.0. The minimum atomic E-state index is -0.327. The third-order valence-electron chi connectivity index (χ3n) is 2.47. The van der Waals surface area contributed by atoms with Crippen LogP contribution in [0.2, 0.25) is 5.02 Å². The first-order valence-electron chi connectivity index (χ1n) is 5.32. The fourth-order valence-electron chi connectivity index (χ4n) is 1.50. The molecule has 6 heteroatoms.